The number of likely N-dealkylation sites (N-methyl/N-ethyl adjacent to an activating group) is 1. The maximum atomic E-state index is 13.7. The van der Waals surface area contributed by atoms with Gasteiger partial charge in [-0.25, -0.2) is 4.98 Å². The Morgan fingerprint density at radius 3 is 2.97 bits per heavy atom. The predicted molar refractivity (Wildman–Crippen MR) is 129 cm³/mol. The largest absolute Gasteiger partial charge is 0.325 e. The molecule has 2 aliphatic heterocycles. The minimum absolute atomic E-state index is 0.0957. The van der Waals surface area contributed by atoms with Crippen molar-refractivity contribution in [2.24, 2.45) is 5.41 Å². The average molecular weight is 427 g/mol. The van der Waals surface area contributed by atoms with Crippen molar-refractivity contribution in [2.45, 2.75) is 38.4 Å². The standard InChI is InChI=1S/C27H30N4O/c1-3-4-15-27-16-9-5-6-11-21(18-27)30(26(27)32)20-25-28-23-13-7-8-14-24(23)31(25)19-22-12-10-17-29(22)2/h3-9,11,13-15,18,22H,1,10,12,16-17,19-20H2,2H3/b9-5-,11-6-,15-4-/t22-,27?/m0/s1. The number of fused-ring (bicyclic) bond motifs is 2. The second-order valence-corrected chi connectivity index (χ2v) is 8.99. The van der Waals surface area contributed by atoms with Crippen LogP contribution in [0.15, 0.2) is 85.1 Å². The van der Waals surface area contributed by atoms with Crippen LogP contribution in [-0.2, 0) is 17.9 Å². The number of allylic oxidation sites excluding steroid dienone is 6. The monoisotopic (exact) mass is 426 g/mol. The van der Waals surface area contributed by atoms with Gasteiger partial charge in [-0.05, 0) is 57.1 Å². The van der Waals surface area contributed by atoms with Crippen LogP contribution in [0, 0.1) is 5.41 Å². The first kappa shape index (κ1) is 20.7. The molecule has 1 fully saturated rings. The van der Waals surface area contributed by atoms with E-state index >= 15 is 0 Å². The van der Waals surface area contributed by atoms with Gasteiger partial charge in [0.25, 0.3) is 0 Å². The van der Waals surface area contributed by atoms with E-state index < -0.39 is 5.41 Å². The number of hydrogen-bond acceptors (Lipinski definition) is 3. The highest BCUT2D eigenvalue weighted by molar-refractivity contribution is 5.92. The van der Waals surface area contributed by atoms with Crippen LogP contribution < -0.4 is 0 Å². The first-order valence-electron chi connectivity index (χ1n) is 11.4. The summed E-state index contributed by atoms with van der Waals surface area (Å²) < 4.78 is 2.33. The highest BCUT2D eigenvalue weighted by Gasteiger charge is 2.43. The van der Waals surface area contributed by atoms with E-state index in [0.717, 1.165) is 35.6 Å². The predicted octanol–water partition coefficient (Wildman–Crippen LogP) is 4.60. The minimum Gasteiger partial charge on any atom is -0.325 e. The number of amides is 1. The molecule has 2 atom stereocenters. The van der Waals surface area contributed by atoms with Crippen molar-refractivity contribution in [3.8, 4) is 0 Å². The molecule has 0 radical (unpaired) electrons. The molecule has 1 saturated heterocycles. The molecule has 0 saturated carbocycles. The second-order valence-electron chi connectivity index (χ2n) is 8.99. The van der Waals surface area contributed by atoms with Gasteiger partial charge in [0, 0.05) is 18.3 Å². The Labute approximate surface area is 189 Å². The van der Waals surface area contributed by atoms with Gasteiger partial charge in [-0.15, -0.1) is 0 Å². The number of imidazole rings is 1. The van der Waals surface area contributed by atoms with Crippen molar-refractivity contribution in [2.75, 3.05) is 13.6 Å². The maximum absolute atomic E-state index is 13.7. The van der Waals surface area contributed by atoms with Crippen LogP contribution >= 0.6 is 0 Å². The molecule has 164 valence electrons. The van der Waals surface area contributed by atoms with Crippen LogP contribution in [0.5, 0.6) is 0 Å². The number of carbonyl (C=O) groups excluding carboxylic acids is 1. The van der Waals surface area contributed by atoms with Gasteiger partial charge in [0.2, 0.25) is 5.91 Å². The molecular weight excluding hydrogens is 396 g/mol. The van der Waals surface area contributed by atoms with Crippen molar-refractivity contribution >= 4 is 16.9 Å². The van der Waals surface area contributed by atoms with Crippen LogP contribution in [-0.4, -0.2) is 44.9 Å². The normalized spacial score (nSPS) is 27.7. The first-order chi connectivity index (χ1) is 15.6. The van der Waals surface area contributed by atoms with E-state index in [-0.39, 0.29) is 5.91 Å². The number of benzene rings is 1. The molecule has 2 aromatic rings. The van der Waals surface area contributed by atoms with Gasteiger partial charge in [0.1, 0.15) is 5.82 Å². The Kier molecular flexibility index (Phi) is 5.43. The van der Waals surface area contributed by atoms with E-state index in [2.05, 4.69) is 53.4 Å². The van der Waals surface area contributed by atoms with Crippen LogP contribution in [0.4, 0.5) is 0 Å². The zero-order valence-electron chi connectivity index (χ0n) is 18.7. The fraction of sp³-hybridized carbons (Fsp3) is 0.333. The fourth-order valence-corrected chi connectivity index (χ4v) is 5.15. The third-order valence-electron chi connectivity index (χ3n) is 6.96. The summed E-state index contributed by atoms with van der Waals surface area (Å²) in [5.41, 5.74) is 2.40. The lowest BCUT2D eigenvalue weighted by Crippen LogP contribution is -2.35. The summed E-state index contributed by atoms with van der Waals surface area (Å²) in [6.07, 6.45) is 18.9. The highest BCUT2D eigenvalue weighted by atomic mass is 16.2. The molecule has 2 bridgehead atoms. The molecule has 5 rings (SSSR count). The Hall–Kier alpha value is -3.18. The van der Waals surface area contributed by atoms with Crippen molar-refractivity contribution < 1.29 is 4.79 Å². The van der Waals surface area contributed by atoms with Gasteiger partial charge in [0.05, 0.1) is 23.0 Å². The topological polar surface area (TPSA) is 41.4 Å². The number of likely N-dealkylation sites (tertiary alicyclic amines) is 1. The number of rotatable bonds is 6. The molecule has 5 heteroatoms. The molecule has 3 aliphatic rings. The SMILES string of the molecule is C=C/C=C\C12C=C(/C=C\C=C/C1)N(Cc1nc3ccccc3n1C[C@@H]1CCCN1C)C2=O. The lowest BCUT2D eigenvalue weighted by molar-refractivity contribution is -0.133. The maximum Gasteiger partial charge on any atom is 0.241 e. The number of nitrogens with zero attached hydrogens (tertiary/aromatic N) is 4. The van der Waals surface area contributed by atoms with Crippen LogP contribution in [0.3, 0.4) is 0 Å². The van der Waals surface area contributed by atoms with Crippen LogP contribution in [0.2, 0.25) is 0 Å². The van der Waals surface area contributed by atoms with Gasteiger partial charge in [0.15, 0.2) is 0 Å². The zero-order valence-corrected chi connectivity index (χ0v) is 18.7. The molecule has 1 amide bonds. The Balaban J connectivity index is 1.52. The van der Waals surface area contributed by atoms with E-state index in [9.17, 15) is 4.79 Å². The number of hydrogen-bond donors (Lipinski definition) is 0. The van der Waals surface area contributed by atoms with Gasteiger partial charge < -0.3 is 14.4 Å². The van der Waals surface area contributed by atoms with Gasteiger partial charge in [-0.3, -0.25) is 4.79 Å². The van der Waals surface area contributed by atoms with E-state index in [0.29, 0.717) is 19.0 Å². The van der Waals surface area contributed by atoms with Crippen LogP contribution in [0.25, 0.3) is 11.0 Å². The van der Waals surface area contributed by atoms with E-state index in [1.165, 1.54) is 12.8 Å². The van der Waals surface area contributed by atoms with E-state index in [4.69, 9.17) is 4.98 Å². The molecule has 1 aliphatic carbocycles. The highest BCUT2D eigenvalue weighted by Crippen LogP contribution is 2.40. The van der Waals surface area contributed by atoms with Crippen molar-refractivity contribution in [1.29, 1.82) is 0 Å². The average Bonchev–Trinajstić information content (AvgIpc) is 3.43. The quantitative estimate of drug-likeness (QED) is 0.634. The smallest absolute Gasteiger partial charge is 0.241 e. The summed E-state index contributed by atoms with van der Waals surface area (Å²) in [6.45, 7) is 6.28. The third-order valence-corrected chi connectivity index (χ3v) is 6.96. The summed E-state index contributed by atoms with van der Waals surface area (Å²) in [5, 5.41) is 0. The summed E-state index contributed by atoms with van der Waals surface area (Å²) in [7, 11) is 2.20. The minimum atomic E-state index is -0.659. The summed E-state index contributed by atoms with van der Waals surface area (Å²) in [6, 6.07) is 8.79. The number of para-hydroxylation sites is 2. The second kappa shape index (κ2) is 8.40. The van der Waals surface area contributed by atoms with E-state index in [1.54, 1.807) is 6.08 Å². The zero-order chi connectivity index (χ0) is 22.1. The molecule has 1 aromatic carbocycles. The Bertz CT molecular complexity index is 1170. The number of carbonyl (C=O) groups is 1. The Morgan fingerprint density at radius 2 is 2.16 bits per heavy atom. The van der Waals surface area contributed by atoms with Crippen molar-refractivity contribution in [3.63, 3.8) is 0 Å². The molecule has 5 nitrogen and oxygen atoms in total. The summed E-state index contributed by atoms with van der Waals surface area (Å²) in [4.78, 5) is 23.0. The molecule has 0 spiro atoms. The van der Waals surface area contributed by atoms with Crippen molar-refractivity contribution in [3.05, 3.63) is 91.0 Å². The van der Waals surface area contributed by atoms with Gasteiger partial charge >= 0.3 is 0 Å². The lowest BCUT2D eigenvalue weighted by atomic mass is 9.83. The van der Waals surface area contributed by atoms with Gasteiger partial charge in [-0.2, -0.15) is 0 Å². The van der Waals surface area contributed by atoms with Crippen LogP contribution in [0.1, 0.15) is 25.1 Å². The fourth-order valence-electron chi connectivity index (χ4n) is 5.15. The van der Waals surface area contributed by atoms with Crippen molar-refractivity contribution in [1.82, 2.24) is 19.4 Å². The molecule has 0 N–H and O–H groups in total. The molecule has 1 unspecified atom stereocenters. The third kappa shape index (κ3) is 3.56. The molecular formula is C27H30N4O. The summed E-state index contributed by atoms with van der Waals surface area (Å²) in [5.74, 6) is 1.04. The molecule has 3 heterocycles. The van der Waals surface area contributed by atoms with E-state index in [1.807, 2.05) is 41.3 Å². The Morgan fingerprint density at radius 1 is 1.28 bits per heavy atom. The lowest BCUT2D eigenvalue weighted by Gasteiger charge is -2.26. The summed E-state index contributed by atoms with van der Waals surface area (Å²) >= 11 is 0. The first-order valence-corrected chi connectivity index (χ1v) is 11.4. The van der Waals surface area contributed by atoms with Gasteiger partial charge in [-0.1, -0.05) is 55.2 Å². The molecule has 1 aromatic heterocycles. The molecule has 32 heavy (non-hydrogen) atoms. The number of aromatic nitrogens is 2.